The zero-order chi connectivity index (χ0) is 23.4. The molecule has 0 aliphatic rings. The van der Waals surface area contributed by atoms with Crippen molar-refractivity contribution in [2.45, 2.75) is 13.0 Å². The number of hydrogen-bond acceptors (Lipinski definition) is 7. The minimum atomic E-state index is -0.812. The van der Waals surface area contributed by atoms with E-state index in [-0.39, 0.29) is 24.1 Å². The highest BCUT2D eigenvalue weighted by atomic mass is 19.1. The van der Waals surface area contributed by atoms with E-state index in [1.165, 1.54) is 58.7 Å². The second-order valence-corrected chi connectivity index (χ2v) is 6.84. The SMILES string of the molecule is Cn1c(=O)c2c(ncn2CC(=O)OCC(=O)N(CCC#N)c2ccc(F)cc2)n(C)c1=O. The topological polar surface area (TPSA) is 132 Å². The molecule has 1 amide bonds. The molecule has 0 fully saturated rings. The summed E-state index contributed by atoms with van der Waals surface area (Å²) in [4.78, 5) is 54.5. The Balaban J connectivity index is 1.73. The molecule has 0 bridgehead atoms. The van der Waals surface area contributed by atoms with Crippen molar-refractivity contribution in [2.24, 2.45) is 14.1 Å². The van der Waals surface area contributed by atoms with Crippen LogP contribution in [0, 0.1) is 17.1 Å². The minimum Gasteiger partial charge on any atom is -0.454 e. The van der Waals surface area contributed by atoms with E-state index < -0.39 is 42.1 Å². The highest BCUT2D eigenvalue weighted by Gasteiger charge is 2.20. The van der Waals surface area contributed by atoms with Crippen LogP contribution in [0.1, 0.15) is 6.42 Å². The molecule has 0 aliphatic carbocycles. The van der Waals surface area contributed by atoms with Gasteiger partial charge in [0, 0.05) is 26.3 Å². The van der Waals surface area contributed by atoms with E-state index >= 15 is 0 Å². The molecule has 0 N–H and O–H groups in total. The average Bonchev–Trinajstić information content (AvgIpc) is 3.19. The maximum Gasteiger partial charge on any atom is 0.332 e. The van der Waals surface area contributed by atoms with Crippen molar-refractivity contribution >= 4 is 28.7 Å². The third-order valence-electron chi connectivity index (χ3n) is 4.76. The van der Waals surface area contributed by atoms with Crippen molar-refractivity contribution in [3.05, 3.63) is 57.2 Å². The van der Waals surface area contributed by atoms with Crippen molar-refractivity contribution in [1.82, 2.24) is 18.7 Å². The Labute approximate surface area is 180 Å². The van der Waals surface area contributed by atoms with Crippen LogP contribution in [0.4, 0.5) is 10.1 Å². The van der Waals surface area contributed by atoms with Gasteiger partial charge >= 0.3 is 11.7 Å². The Morgan fingerprint density at radius 2 is 1.88 bits per heavy atom. The molecule has 166 valence electrons. The van der Waals surface area contributed by atoms with Crippen molar-refractivity contribution in [2.75, 3.05) is 18.1 Å². The number of aryl methyl sites for hydroxylation is 1. The summed E-state index contributed by atoms with van der Waals surface area (Å²) in [6.07, 6.45) is 1.26. The van der Waals surface area contributed by atoms with Crippen molar-refractivity contribution < 1.29 is 18.7 Å². The van der Waals surface area contributed by atoms with E-state index in [0.717, 1.165) is 4.57 Å². The molecule has 0 spiro atoms. The molecular formula is C20H19FN6O5. The number of amides is 1. The molecule has 1 aromatic carbocycles. The molecule has 12 heteroatoms. The Kier molecular flexibility index (Phi) is 6.48. The predicted octanol–water partition coefficient (Wildman–Crippen LogP) is 0.0629. The quantitative estimate of drug-likeness (QED) is 0.473. The molecular weight excluding hydrogens is 423 g/mol. The standard InChI is InChI=1S/C20H19FN6O5/c1-24-18-17(19(30)25(2)20(24)31)26(12-23-18)10-16(29)32-11-15(28)27(9-3-8-22)14-6-4-13(21)5-7-14/h4-7,12H,3,9-11H2,1-2H3. The number of esters is 1. The van der Waals surface area contributed by atoms with Crippen LogP contribution >= 0.6 is 0 Å². The van der Waals surface area contributed by atoms with Crippen LogP contribution < -0.4 is 16.1 Å². The van der Waals surface area contributed by atoms with Crippen LogP contribution in [0.15, 0.2) is 40.2 Å². The highest BCUT2D eigenvalue weighted by Crippen LogP contribution is 2.16. The number of nitriles is 1. The number of halogens is 1. The highest BCUT2D eigenvalue weighted by molar-refractivity contribution is 5.95. The van der Waals surface area contributed by atoms with Crippen LogP contribution in [0.25, 0.3) is 11.2 Å². The zero-order valence-electron chi connectivity index (χ0n) is 17.3. The average molecular weight is 442 g/mol. The summed E-state index contributed by atoms with van der Waals surface area (Å²) < 4.78 is 21.5. The molecule has 0 saturated carbocycles. The largest absolute Gasteiger partial charge is 0.454 e. The molecule has 0 aliphatic heterocycles. The Hall–Kier alpha value is -4.27. The number of hydrogen-bond donors (Lipinski definition) is 0. The smallest absolute Gasteiger partial charge is 0.332 e. The Morgan fingerprint density at radius 3 is 2.53 bits per heavy atom. The summed E-state index contributed by atoms with van der Waals surface area (Å²) in [5.41, 5.74) is -0.670. The summed E-state index contributed by atoms with van der Waals surface area (Å²) >= 11 is 0. The van der Waals surface area contributed by atoms with Gasteiger partial charge in [-0.25, -0.2) is 14.2 Å². The van der Waals surface area contributed by atoms with Crippen LogP contribution in [0.3, 0.4) is 0 Å². The number of anilines is 1. The van der Waals surface area contributed by atoms with Gasteiger partial charge in [-0.15, -0.1) is 0 Å². The van der Waals surface area contributed by atoms with E-state index in [4.69, 9.17) is 10.00 Å². The van der Waals surface area contributed by atoms with Crippen molar-refractivity contribution in [3.63, 3.8) is 0 Å². The molecule has 0 atom stereocenters. The minimum absolute atomic E-state index is 0.0279. The maximum atomic E-state index is 13.2. The fraction of sp³-hybridized carbons (Fsp3) is 0.300. The summed E-state index contributed by atoms with van der Waals surface area (Å²) in [5.74, 6) is -1.90. The molecule has 32 heavy (non-hydrogen) atoms. The maximum absolute atomic E-state index is 13.2. The lowest BCUT2D eigenvalue weighted by atomic mass is 10.2. The number of nitrogens with zero attached hydrogens (tertiary/aromatic N) is 6. The number of ether oxygens (including phenoxy) is 1. The summed E-state index contributed by atoms with van der Waals surface area (Å²) in [7, 11) is 2.76. The third kappa shape index (κ3) is 4.41. The monoisotopic (exact) mass is 442 g/mol. The molecule has 2 heterocycles. The van der Waals surface area contributed by atoms with E-state index in [0.29, 0.717) is 5.69 Å². The first-order valence-corrected chi connectivity index (χ1v) is 9.44. The number of carbonyl (C=O) groups excluding carboxylic acids is 2. The number of fused-ring (bicyclic) bond motifs is 1. The van der Waals surface area contributed by atoms with Crippen LogP contribution in [-0.2, 0) is 35.0 Å². The molecule has 11 nitrogen and oxygen atoms in total. The molecule has 2 aromatic heterocycles. The van der Waals surface area contributed by atoms with Crippen LogP contribution in [0.5, 0.6) is 0 Å². The van der Waals surface area contributed by atoms with Crippen LogP contribution in [-0.4, -0.2) is 43.7 Å². The van der Waals surface area contributed by atoms with Gasteiger partial charge in [-0.3, -0.25) is 23.5 Å². The van der Waals surface area contributed by atoms with Gasteiger partial charge in [0.1, 0.15) is 12.4 Å². The van der Waals surface area contributed by atoms with Gasteiger partial charge in [-0.2, -0.15) is 5.26 Å². The van der Waals surface area contributed by atoms with Crippen molar-refractivity contribution in [1.29, 1.82) is 5.26 Å². The fourth-order valence-electron chi connectivity index (χ4n) is 3.10. The lowest BCUT2D eigenvalue weighted by molar-refractivity contribution is -0.148. The van der Waals surface area contributed by atoms with E-state index in [2.05, 4.69) is 4.98 Å². The number of aromatic nitrogens is 4. The summed E-state index contributed by atoms with van der Waals surface area (Å²) in [5, 5.41) is 8.82. The zero-order valence-corrected chi connectivity index (χ0v) is 17.3. The van der Waals surface area contributed by atoms with Gasteiger partial charge in [-0.1, -0.05) is 0 Å². The van der Waals surface area contributed by atoms with Gasteiger partial charge < -0.3 is 14.2 Å². The normalized spacial score (nSPS) is 10.7. The van der Waals surface area contributed by atoms with E-state index in [1.807, 2.05) is 6.07 Å². The van der Waals surface area contributed by atoms with Gasteiger partial charge in [-0.05, 0) is 24.3 Å². The first-order chi connectivity index (χ1) is 15.2. The van der Waals surface area contributed by atoms with Gasteiger partial charge in [0.15, 0.2) is 17.8 Å². The lowest BCUT2D eigenvalue weighted by Crippen LogP contribution is -2.38. The first kappa shape index (κ1) is 22.4. The molecule has 0 saturated heterocycles. The second kappa shape index (κ2) is 9.25. The summed E-state index contributed by atoms with van der Waals surface area (Å²) in [6, 6.07) is 7.03. The molecule has 0 radical (unpaired) electrons. The number of imidazole rings is 1. The van der Waals surface area contributed by atoms with Crippen LogP contribution in [0.2, 0.25) is 0 Å². The van der Waals surface area contributed by atoms with E-state index in [9.17, 15) is 23.6 Å². The predicted molar refractivity (Wildman–Crippen MR) is 110 cm³/mol. The second-order valence-electron chi connectivity index (χ2n) is 6.84. The number of rotatable bonds is 7. The van der Waals surface area contributed by atoms with Gasteiger partial charge in [0.05, 0.1) is 18.8 Å². The van der Waals surface area contributed by atoms with Gasteiger partial charge in [0.25, 0.3) is 11.5 Å². The number of carbonyl (C=O) groups is 2. The first-order valence-electron chi connectivity index (χ1n) is 9.44. The summed E-state index contributed by atoms with van der Waals surface area (Å²) in [6.45, 7) is -0.995. The Bertz CT molecular complexity index is 1330. The van der Waals surface area contributed by atoms with Gasteiger partial charge in [0.2, 0.25) is 0 Å². The molecule has 0 unspecified atom stereocenters. The number of benzene rings is 1. The lowest BCUT2D eigenvalue weighted by Gasteiger charge is -2.21. The molecule has 3 aromatic rings. The fourth-order valence-corrected chi connectivity index (χ4v) is 3.10. The molecule has 3 rings (SSSR count). The van der Waals surface area contributed by atoms with E-state index in [1.54, 1.807) is 0 Å². The Morgan fingerprint density at radius 1 is 1.19 bits per heavy atom. The van der Waals surface area contributed by atoms with Crippen molar-refractivity contribution in [3.8, 4) is 6.07 Å². The third-order valence-corrected chi connectivity index (χ3v) is 4.76.